The summed E-state index contributed by atoms with van der Waals surface area (Å²) < 4.78 is 41.2. The first-order chi connectivity index (χ1) is 11.9. The Balaban J connectivity index is 1.84. The van der Waals surface area contributed by atoms with E-state index in [0.717, 1.165) is 17.1 Å². The van der Waals surface area contributed by atoms with Crippen molar-refractivity contribution in [1.82, 2.24) is 14.4 Å². The Morgan fingerprint density at radius 1 is 1.08 bits per heavy atom. The molecular formula is C18H13F3N4. The van der Waals surface area contributed by atoms with Crippen molar-refractivity contribution in [1.29, 1.82) is 0 Å². The van der Waals surface area contributed by atoms with E-state index in [9.17, 15) is 13.2 Å². The van der Waals surface area contributed by atoms with Gasteiger partial charge < -0.3 is 5.32 Å². The first-order valence-electron chi connectivity index (χ1n) is 7.60. The minimum absolute atomic E-state index is 0.176. The number of rotatable bonds is 2. The van der Waals surface area contributed by atoms with Crippen LogP contribution in [-0.2, 0) is 6.18 Å². The highest BCUT2D eigenvalue weighted by atomic mass is 19.4. The van der Waals surface area contributed by atoms with Crippen molar-refractivity contribution >= 4 is 28.2 Å². The topological polar surface area (TPSA) is 42.2 Å². The molecule has 0 saturated carbocycles. The molecule has 4 nitrogen and oxygen atoms in total. The van der Waals surface area contributed by atoms with Crippen molar-refractivity contribution in [2.75, 3.05) is 5.32 Å². The molecule has 1 N–H and O–H groups in total. The van der Waals surface area contributed by atoms with Crippen LogP contribution in [0.3, 0.4) is 0 Å². The molecule has 25 heavy (non-hydrogen) atoms. The van der Waals surface area contributed by atoms with Crippen molar-refractivity contribution in [2.24, 2.45) is 0 Å². The molecule has 0 saturated heterocycles. The first kappa shape index (κ1) is 15.4. The smallest absolute Gasteiger partial charge is 0.337 e. The second kappa shape index (κ2) is 5.47. The zero-order valence-electron chi connectivity index (χ0n) is 13.2. The van der Waals surface area contributed by atoms with E-state index < -0.39 is 11.7 Å². The molecule has 0 bridgehead atoms. The van der Waals surface area contributed by atoms with Gasteiger partial charge in [-0.1, -0.05) is 18.2 Å². The first-order valence-corrected chi connectivity index (χ1v) is 7.60. The monoisotopic (exact) mass is 342 g/mol. The molecule has 0 aliphatic rings. The number of hydrogen-bond acceptors (Lipinski definition) is 3. The van der Waals surface area contributed by atoms with E-state index in [1.807, 2.05) is 28.7 Å². The van der Waals surface area contributed by atoms with Gasteiger partial charge in [0.25, 0.3) is 0 Å². The van der Waals surface area contributed by atoms with E-state index >= 15 is 0 Å². The summed E-state index contributed by atoms with van der Waals surface area (Å²) in [7, 11) is 0. The Kier molecular flexibility index (Phi) is 3.38. The van der Waals surface area contributed by atoms with E-state index in [-0.39, 0.29) is 5.56 Å². The van der Waals surface area contributed by atoms with Gasteiger partial charge >= 0.3 is 6.18 Å². The lowest BCUT2D eigenvalue weighted by molar-refractivity contribution is -0.138. The zero-order valence-corrected chi connectivity index (χ0v) is 13.2. The van der Waals surface area contributed by atoms with E-state index in [4.69, 9.17) is 0 Å². The summed E-state index contributed by atoms with van der Waals surface area (Å²) in [6, 6.07) is 11.6. The summed E-state index contributed by atoms with van der Waals surface area (Å²) in [5.74, 6) is 0.403. The number of hydrogen-bond donors (Lipinski definition) is 1. The second-order valence-electron chi connectivity index (χ2n) is 5.72. The lowest BCUT2D eigenvalue weighted by Gasteiger charge is -2.14. The van der Waals surface area contributed by atoms with Crippen LogP contribution in [0, 0.1) is 6.92 Å². The molecule has 4 rings (SSSR count). The van der Waals surface area contributed by atoms with Gasteiger partial charge in [-0.3, -0.25) is 4.40 Å². The van der Waals surface area contributed by atoms with Crippen LogP contribution >= 0.6 is 0 Å². The van der Waals surface area contributed by atoms with Gasteiger partial charge in [0.15, 0.2) is 11.5 Å². The Labute approximate surface area is 141 Å². The number of halogens is 3. The molecule has 0 unspecified atom stereocenters. The number of fused-ring (bicyclic) bond motifs is 3. The Hall–Kier alpha value is -3.09. The Morgan fingerprint density at radius 3 is 2.68 bits per heavy atom. The van der Waals surface area contributed by atoms with Gasteiger partial charge in [0.1, 0.15) is 0 Å². The van der Waals surface area contributed by atoms with Crippen molar-refractivity contribution in [3.8, 4) is 0 Å². The summed E-state index contributed by atoms with van der Waals surface area (Å²) in [4.78, 5) is 8.78. The predicted octanol–water partition coefficient (Wildman–Crippen LogP) is 4.95. The van der Waals surface area contributed by atoms with Crippen LogP contribution in [0.4, 0.5) is 24.7 Å². The van der Waals surface area contributed by atoms with Gasteiger partial charge in [0.05, 0.1) is 16.6 Å². The number of nitrogens with zero attached hydrogens (tertiary/aromatic N) is 3. The van der Waals surface area contributed by atoms with Crippen LogP contribution in [0.5, 0.6) is 0 Å². The molecule has 0 amide bonds. The SMILES string of the molecule is Cc1ccc(Nc2nc3ccccc3n3ccnc23)cc1C(F)(F)F. The van der Waals surface area contributed by atoms with Crippen LogP contribution in [0.1, 0.15) is 11.1 Å². The van der Waals surface area contributed by atoms with E-state index in [1.165, 1.54) is 13.0 Å². The summed E-state index contributed by atoms with van der Waals surface area (Å²) in [5, 5.41) is 2.97. The van der Waals surface area contributed by atoms with Gasteiger partial charge in [0, 0.05) is 18.1 Å². The molecule has 4 aromatic rings. The number of aryl methyl sites for hydroxylation is 1. The fraction of sp³-hybridized carbons (Fsp3) is 0.111. The molecule has 126 valence electrons. The minimum atomic E-state index is -4.40. The highest BCUT2D eigenvalue weighted by Crippen LogP contribution is 2.34. The number of alkyl halides is 3. The minimum Gasteiger partial charge on any atom is -0.337 e. The average molecular weight is 342 g/mol. The van der Waals surface area contributed by atoms with Crippen LogP contribution in [0.15, 0.2) is 54.9 Å². The number of benzene rings is 2. The van der Waals surface area contributed by atoms with E-state index in [1.54, 1.807) is 18.5 Å². The lowest BCUT2D eigenvalue weighted by Crippen LogP contribution is -2.08. The summed E-state index contributed by atoms with van der Waals surface area (Å²) in [6.07, 6.45) is -0.979. The Morgan fingerprint density at radius 2 is 1.88 bits per heavy atom. The predicted molar refractivity (Wildman–Crippen MR) is 90.0 cm³/mol. The van der Waals surface area contributed by atoms with E-state index in [2.05, 4.69) is 15.3 Å². The van der Waals surface area contributed by atoms with Crippen molar-refractivity contribution in [2.45, 2.75) is 13.1 Å². The molecule has 2 aromatic carbocycles. The quantitative estimate of drug-likeness (QED) is 0.560. The highest BCUT2D eigenvalue weighted by molar-refractivity contribution is 5.84. The molecule has 0 spiro atoms. The zero-order chi connectivity index (χ0) is 17.6. The molecule has 0 aliphatic heterocycles. The van der Waals surface area contributed by atoms with Gasteiger partial charge in [-0.25, -0.2) is 9.97 Å². The maximum Gasteiger partial charge on any atom is 0.416 e. The second-order valence-corrected chi connectivity index (χ2v) is 5.72. The van der Waals surface area contributed by atoms with Gasteiger partial charge in [-0.15, -0.1) is 0 Å². The van der Waals surface area contributed by atoms with Crippen molar-refractivity contribution in [3.63, 3.8) is 0 Å². The number of para-hydroxylation sites is 2. The molecule has 0 atom stereocenters. The Bertz CT molecular complexity index is 1080. The van der Waals surface area contributed by atoms with Crippen LogP contribution in [0.2, 0.25) is 0 Å². The maximum absolute atomic E-state index is 13.1. The van der Waals surface area contributed by atoms with Crippen LogP contribution in [0.25, 0.3) is 16.7 Å². The molecule has 0 aliphatic carbocycles. The molecular weight excluding hydrogens is 329 g/mol. The number of aromatic nitrogens is 3. The number of imidazole rings is 1. The summed E-state index contributed by atoms with van der Waals surface area (Å²) in [6.45, 7) is 1.44. The molecule has 0 radical (unpaired) electrons. The highest BCUT2D eigenvalue weighted by Gasteiger charge is 2.32. The van der Waals surface area contributed by atoms with E-state index in [0.29, 0.717) is 17.2 Å². The van der Waals surface area contributed by atoms with Crippen LogP contribution in [-0.4, -0.2) is 14.4 Å². The third-order valence-corrected chi connectivity index (χ3v) is 4.03. The lowest BCUT2D eigenvalue weighted by atomic mass is 10.1. The normalized spacial score (nSPS) is 12.0. The number of nitrogens with one attached hydrogen (secondary N) is 1. The number of anilines is 2. The molecule has 2 heterocycles. The molecule has 7 heteroatoms. The molecule has 0 fully saturated rings. The van der Waals surface area contributed by atoms with Crippen LogP contribution < -0.4 is 5.32 Å². The van der Waals surface area contributed by atoms with Gasteiger partial charge in [-0.05, 0) is 36.8 Å². The third-order valence-electron chi connectivity index (χ3n) is 4.03. The summed E-state index contributed by atoms with van der Waals surface area (Å²) in [5.41, 5.74) is 1.96. The molecule has 2 aromatic heterocycles. The third kappa shape index (κ3) is 2.67. The fourth-order valence-corrected chi connectivity index (χ4v) is 2.83. The summed E-state index contributed by atoms with van der Waals surface area (Å²) >= 11 is 0. The van der Waals surface area contributed by atoms with Crippen molar-refractivity contribution < 1.29 is 13.2 Å². The van der Waals surface area contributed by atoms with Gasteiger partial charge in [-0.2, -0.15) is 13.2 Å². The fourth-order valence-electron chi connectivity index (χ4n) is 2.83. The van der Waals surface area contributed by atoms with Gasteiger partial charge in [0.2, 0.25) is 0 Å². The van der Waals surface area contributed by atoms with Crippen molar-refractivity contribution in [3.05, 3.63) is 66.0 Å². The average Bonchev–Trinajstić information content (AvgIpc) is 3.06. The standard InChI is InChI=1S/C18H13F3N4/c1-11-6-7-12(10-13(11)18(19,20)21)23-16-17-22-8-9-25(17)15-5-3-2-4-14(15)24-16/h2-10H,1H3,(H,23,24). The maximum atomic E-state index is 13.1. The largest absolute Gasteiger partial charge is 0.416 e.